The van der Waals surface area contributed by atoms with Gasteiger partial charge in [0.25, 0.3) is 0 Å². The number of hydrogen-bond donors (Lipinski definition) is 1. The predicted octanol–water partition coefficient (Wildman–Crippen LogP) is 1.73. The third kappa shape index (κ3) is 4.44. The fourth-order valence-corrected chi connectivity index (χ4v) is 2.36. The Labute approximate surface area is 109 Å². The Morgan fingerprint density at radius 2 is 2.39 bits per heavy atom. The monoisotopic (exact) mass is 252 g/mol. The topological polar surface area (TPSA) is 37.6 Å². The van der Waals surface area contributed by atoms with Crippen molar-refractivity contribution in [2.24, 2.45) is 5.92 Å². The van der Waals surface area contributed by atoms with Crippen molar-refractivity contribution in [2.75, 3.05) is 32.8 Å². The molecule has 18 heavy (non-hydrogen) atoms. The van der Waals surface area contributed by atoms with Gasteiger partial charge in [-0.25, -0.2) is 0 Å². The number of furan rings is 1. The Hall–Kier alpha value is -0.840. The number of ether oxygens (including phenoxy) is 1. The lowest BCUT2D eigenvalue weighted by molar-refractivity contribution is -0.0304. The van der Waals surface area contributed by atoms with Crippen LogP contribution in [0.3, 0.4) is 0 Å². The summed E-state index contributed by atoms with van der Waals surface area (Å²) < 4.78 is 11.1. The van der Waals surface area contributed by atoms with Crippen molar-refractivity contribution in [3.8, 4) is 0 Å². The van der Waals surface area contributed by atoms with Crippen LogP contribution >= 0.6 is 0 Å². The first-order chi connectivity index (χ1) is 8.74. The molecule has 0 radical (unpaired) electrons. The molecule has 1 unspecified atom stereocenters. The zero-order valence-corrected chi connectivity index (χ0v) is 11.4. The van der Waals surface area contributed by atoms with Crippen molar-refractivity contribution in [3.05, 3.63) is 24.2 Å². The van der Waals surface area contributed by atoms with Gasteiger partial charge >= 0.3 is 0 Å². The van der Waals surface area contributed by atoms with Gasteiger partial charge in [-0.3, -0.25) is 4.90 Å². The Bertz CT molecular complexity index is 325. The molecule has 4 nitrogen and oxygen atoms in total. The third-order valence-corrected chi connectivity index (χ3v) is 3.10. The maximum atomic E-state index is 5.77. The van der Waals surface area contributed by atoms with E-state index in [0.717, 1.165) is 51.0 Å². The minimum atomic E-state index is 0.299. The smallest absolute Gasteiger partial charge is 0.117 e. The van der Waals surface area contributed by atoms with Gasteiger partial charge in [0, 0.05) is 26.2 Å². The molecule has 0 bridgehead atoms. The summed E-state index contributed by atoms with van der Waals surface area (Å²) in [7, 11) is 0. The molecule has 1 fully saturated rings. The molecule has 4 heteroatoms. The highest BCUT2D eigenvalue weighted by Crippen LogP contribution is 2.07. The van der Waals surface area contributed by atoms with E-state index in [-0.39, 0.29) is 0 Å². The molecule has 0 aromatic carbocycles. The van der Waals surface area contributed by atoms with E-state index in [1.165, 1.54) is 0 Å². The van der Waals surface area contributed by atoms with Crippen molar-refractivity contribution >= 4 is 0 Å². The van der Waals surface area contributed by atoms with E-state index in [4.69, 9.17) is 9.15 Å². The van der Waals surface area contributed by atoms with E-state index in [2.05, 4.69) is 24.1 Å². The molecule has 102 valence electrons. The van der Waals surface area contributed by atoms with E-state index in [0.29, 0.717) is 6.10 Å². The van der Waals surface area contributed by atoms with Gasteiger partial charge in [-0.1, -0.05) is 13.8 Å². The van der Waals surface area contributed by atoms with Crippen LogP contribution in [0, 0.1) is 5.92 Å². The lowest BCUT2D eigenvalue weighted by Gasteiger charge is -2.34. The van der Waals surface area contributed by atoms with Gasteiger partial charge in [-0.2, -0.15) is 0 Å². The van der Waals surface area contributed by atoms with Crippen LogP contribution in [0.5, 0.6) is 0 Å². The van der Waals surface area contributed by atoms with Crippen LogP contribution < -0.4 is 5.32 Å². The largest absolute Gasteiger partial charge is 0.468 e. The first kappa shape index (κ1) is 13.6. The molecule has 1 atom stereocenters. The van der Waals surface area contributed by atoms with Gasteiger partial charge in [0.05, 0.1) is 25.5 Å². The van der Waals surface area contributed by atoms with Crippen molar-refractivity contribution in [1.82, 2.24) is 10.2 Å². The minimum absolute atomic E-state index is 0.299. The SMILES string of the molecule is CC(C)CN1CCOC(CNCc2ccco2)C1. The second-order valence-electron chi connectivity index (χ2n) is 5.36. The molecule has 1 N–H and O–H groups in total. The summed E-state index contributed by atoms with van der Waals surface area (Å²) in [5.41, 5.74) is 0. The Balaban J connectivity index is 1.66. The Morgan fingerprint density at radius 1 is 1.50 bits per heavy atom. The third-order valence-electron chi connectivity index (χ3n) is 3.10. The molecule has 0 amide bonds. The molecule has 2 rings (SSSR count). The van der Waals surface area contributed by atoms with Gasteiger partial charge in [0.15, 0.2) is 0 Å². The zero-order chi connectivity index (χ0) is 12.8. The molecule has 1 aromatic heterocycles. The van der Waals surface area contributed by atoms with Crippen molar-refractivity contribution in [3.63, 3.8) is 0 Å². The fourth-order valence-electron chi connectivity index (χ4n) is 2.36. The highest BCUT2D eigenvalue weighted by Gasteiger charge is 2.20. The van der Waals surface area contributed by atoms with Crippen LogP contribution in [0.4, 0.5) is 0 Å². The van der Waals surface area contributed by atoms with Gasteiger partial charge in [-0.15, -0.1) is 0 Å². The summed E-state index contributed by atoms with van der Waals surface area (Å²) in [6, 6.07) is 3.90. The van der Waals surface area contributed by atoms with Crippen molar-refractivity contribution in [2.45, 2.75) is 26.5 Å². The number of nitrogens with one attached hydrogen (secondary N) is 1. The summed E-state index contributed by atoms with van der Waals surface area (Å²) in [4.78, 5) is 2.49. The molecule has 2 heterocycles. The lowest BCUT2D eigenvalue weighted by Crippen LogP contribution is -2.47. The van der Waals surface area contributed by atoms with Gasteiger partial charge < -0.3 is 14.5 Å². The Kier molecular flexibility index (Phi) is 5.23. The van der Waals surface area contributed by atoms with Crippen LogP contribution in [0.2, 0.25) is 0 Å². The second kappa shape index (κ2) is 6.92. The number of nitrogens with zero attached hydrogens (tertiary/aromatic N) is 1. The highest BCUT2D eigenvalue weighted by molar-refractivity contribution is 4.97. The lowest BCUT2D eigenvalue weighted by atomic mass is 10.2. The van der Waals surface area contributed by atoms with Gasteiger partial charge in [0.2, 0.25) is 0 Å². The number of hydrogen-bond acceptors (Lipinski definition) is 4. The van der Waals surface area contributed by atoms with Crippen molar-refractivity contribution < 1.29 is 9.15 Å². The standard InChI is InChI=1S/C14H24N2O2/c1-12(2)10-16-5-7-18-14(11-16)9-15-8-13-4-3-6-17-13/h3-4,6,12,14-15H,5,7-11H2,1-2H3. The van der Waals surface area contributed by atoms with Crippen LogP contribution in [0.25, 0.3) is 0 Å². The van der Waals surface area contributed by atoms with Gasteiger partial charge in [-0.05, 0) is 18.1 Å². The van der Waals surface area contributed by atoms with E-state index in [9.17, 15) is 0 Å². The van der Waals surface area contributed by atoms with Crippen molar-refractivity contribution in [1.29, 1.82) is 0 Å². The van der Waals surface area contributed by atoms with E-state index < -0.39 is 0 Å². The fraction of sp³-hybridized carbons (Fsp3) is 0.714. The number of rotatable bonds is 6. The average molecular weight is 252 g/mol. The molecule has 0 aliphatic carbocycles. The van der Waals surface area contributed by atoms with Crippen LogP contribution in [0.15, 0.2) is 22.8 Å². The number of morpholine rings is 1. The normalized spacial score (nSPS) is 21.6. The van der Waals surface area contributed by atoms with E-state index in [1.807, 2.05) is 12.1 Å². The van der Waals surface area contributed by atoms with Crippen LogP contribution in [-0.4, -0.2) is 43.8 Å². The second-order valence-corrected chi connectivity index (χ2v) is 5.36. The quantitative estimate of drug-likeness (QED) is 0.836. The Morgan fingerprint density at radius 3 is 3.11 bits per heavy atom. The summed E-state index contributed by atoms with van der Waals surface area (Å²) in [5.74, 6) is 1.70. The maximum absolute atomic E-state index is 5.77. The molecule has 1 aliphatic heterocycles. The van der Waals surface area contributed by atoms with Crippen LogP contribution in [0.1, 0.15) is 19.6 Å². The first-order valence-corrected chi connectivity index (χ1v) is 6.81. The summed E-state index contributed by atoms with van der Waals surface area (Å²) >= 11 is 0. The van der Waals surface area contributed by atoms with E-state index in [1.54, 1.807) is 6.26 Å². The molecule has 0 spiro atoms. The molecular formula is C14H24N2O2. The molecular weight excluding hydrogens is 228 g/mol. The van der Waals surface area contributed by atoms with E-state index >= 15 is 0 Å². The summed E-state index contributed by atoms with van der Waals surface area (Å²) in [5, 5.41) is 3.39. The molecule has 1 saturated heterocycles. The predicted molar refractivity (Wildman–Crippen MR) is 71.4 cm³/mol. The van der Waals surface area contributed by atoms with Crippen LogP contribution in [-0.2, 0) is 11.3 Å². The molecule has 1 aliphatic rings. The highest BCUT2D eigenvalue weighted by atomic mass is 16.5. The first-order valence-electron chi connectivity index (χ1n) is 6.81. The minimum Gasteiger partial charge on any atom is -0.468 e. The molecule has 0 saturated carbocycles. The molecule has 1 aromatic rings. The van der Waals surface area contributed by atoms with Gasteiger partial charge in [0.1, 0.15) is 5.76 Å². The zero-order valence-electron chi connectivity index (χ0n) is 11.4. The average Bonchev–Trinajstić information content (AvgIpc) is 2.82. The summed E-state index contributed by atoms with van der Waals surface area (Å²) in [6.07, 6.45) is 2.01. The summed E-state index contributed by atoms with van der Waals surface area (Å²) in [6.45, 7) is 10.3. The maximum Gasteiger partial charge on any atom is 0.117 e.